The first-order chi connectivity index (χ1) is 9.50. The summed E-state index contributed by atoms with van der Waals surface area (Å²) in [6.45, 7) is 3.60. The van der Waals surface area contributed by atoms with Crippen LogP contribution in [0.25, 0.3) is 0 Å². The number of anilines is 2. The van der Waals surface area contributed by atoms with E-state index < -0.39 is 11.9 Å². The minimum atomic E-state index is -0.845. The predicted molar refractivity (Wildman–Crippen MR) is 82.0 cm³/mol. The van der Waals surface area contributed by atoms with Crippen LogP contribution in [0.1, 0.15) is 24.0 Å². The van der Waals surface area contributed by atoms with Crippen LogP contribution >= 0.6 is 11.6 Å². The largest absolute Gasteiger partial charge is 0.481 e. The molecule has 0 aromatic heterocycles. The minimum absolute atomic E-state index is 0.571. The van der Waals surface area contributed by atoms with Crippen molar-refractivity contribution in [2.45, 2.75) is 19.8 Å². The Bertz CT molecular complexity index is 640. The van der Waals surface area contributed by atoms with Gasteiger partial charge in [0.05, 0.1) is 5.92 Å². The SMILES string of the molecule is Cc1c(Cl)cccc1Nc1ccccc1C(C)C(=O)O. The molecule has 2 aromatic carbocycles. The van der Waals surface area contributed by atoms with Gasteiger partial charge < -0.3 is 10.4 Å². The molecule has 0 aliphatic rings. The molecule has 0 radical (unpaired) electrons. The number of aliphatic carboxylic acids is 1. The summed E-state index contributed by atoms with van der Waals surface area (Å²) in [5.41, 5.74) is 3.35. The summed E-state index contributed by atoms with van der Waals surface area (Å²) in [7, 11) is 0. The molecular weight excluding hydrogens is 274 g/mol. The second kappa shape index (κ2) is 5.97. The van der Waals surface area contributed by atoms with E-state index in [1.165, 1.54) is 0 Å². The lowest BCUT2D eigenvalue weighted by molar-refractivity contribution is -0.138. The lowest BCUT2D eigenvalue weighted by atomic mass is 9.99. The van der Waals surface area contributed by atoms with E-state index in [0.29, 0.717) is 5.02 Å². The van der Waals surface area contributed by atoms with Crippen LogP contribution in [0.4, 0.5) is 11.4 Å². The van der Waals surface area contributed by atoms with E-state index >= 15 is 0 Å². The van der Waals surface area contributed by atoms with Crippen molar-refractivity contribution in [3.05, 3.63) is 58.6 Å². The zero-order chi connectivity index (χ0) is 14.7. The van der Waals surface area contributed by atoms with Gasteiger partial charge in [-0.2, -0.15) is 0 Å². The monoisotopic (exact) mass is 289 g/mol. The molecule has 2 N–H and O–H groups in total. The van der Waals surface area contributed by atoms with Crippen molar-refractivity contribution >= 4 is 28.9 Å². The highest BCUT2D eigenvalue weighted by Gasteiger charge is 2.17. The maximum atomic E-state index is 11.2. The molecule has 2 rings (SSSR count). The number of para-hydroxylation sites is 1. The molecule has 2 aromatic rings. The third-order valence-corrected chi connectivity index (χ3v) is 3.74. The number of halogens is 1. The van der Waals surface area contributed by atoms with Gasteiger partial charge >= 0.3 is 5.97 Å². The van der Waals surface area contributed by atoms with Gasteiger partial charge in [0.25, 0.3) is 0 Å². The molecular formula is C16H16ClNO2. The molecule has 0 saturated heterocycles. The van der Waals surface area contributed by atoms with Crippen molar-refractivity contribution in [2.24, 2.45) is 0 Å². The van der Waals surface area contributed by atoms with Crippen LogP contribution in [0.15, 0.2) is 42.5 Å². The van der Waals surface area contributed by atoms with Gasteiger partial charge in [0.2, 0.25) is 0 Å². The second-order valence-corrected chi connectivity index (χ2v) is 5.09. The number of carbonyl (C=O) groups is 1. The van der Waals surface area contributed by atoms with Crippen molar-refractivity contribution in [3.63, 3.8) is 0 Å². The molecule has 20 heavy (non-hydrogen) atoms. The van der Waals surface area contributed by atoms with Crippen LogP contribution < -0.4 is 5.32 Å². The molecule has 0 aliphatic carbocycles. The Morgan fingerprint density at radius 2 is 1.80 bits per heavy atom. The summed E-state index contributed by atoms with van der Waals surface area (Å²) in [6, 6.07) is 13.0. The van der Waals surface area contributed by atoms with Crippen LogP contribution in [-0.2, 0) is 4.79 Å². The van der Waals surface area contributed by atoms with Crippen LogP contribution in [0.2, 0.25) is 5.02 Å². The Kier molecular flexibility index (Phi) is 4.30. The average Bonchev–Trinajstić information content (AvgIpc) is 2.43. The average molecular weight is 290 g/mol. The van der Waals surface area contributed by atoms with Gasteiger partial charge in [-0.3, -0.25) is 4.79 Å². The Morgan fingerprint density at radius 3 is 2.50 bits per heavy atom. The quantitative estimate of drug-likeness (QED) is 0.866. The molecule has 4 heteroatoms. The molecule has 0 aliphatic heterocycles. The Hall–Kier alpha value is -2.00. The number of rotatable bonds is 4. The fourth-order valence-corrected chi connectivity index (χ4v) is 2.18. The molecule has 104 valence electrons. The third kappa shape index (κ3) is 2.94. The van der Waals surface area contributed by atoms with Crippen molar-refractivity contribution in [3.8, 4) is 0 Å². The minimum Gasteiger partial charge on any atom is -0.481 e. The summed E-state index contributed by atoms with van der Waals surface area (Å²) in [4.78, 5) is 11.2. The predicted octanol–water partition coefficient (Wildman–Crippen LogP) is 4.58. The number of carboxylic acids is 1. The molecule has 0 heterocycles. The second-order valence-electron chi connectivity index (χ2n) is 4.68. The van der Waals surface area contributed by atoms with Gasteiger partial charge in [-0.25, -0.2) is 0 Å². The Balaban J connectivity index is 2.39. The van der Waals surface area contributed by atoms with Crippen molar-refractivity contribution in [1.29, 1.82) is 0 Å². The number of nitrogens with one attached hydrogen (secondary N) is 1. The van der Waals surface area contributed by atoms with Crippen LogP contribution in [0.5, 0.6) is 0 Å². The number of hydrogen-bond acceptors (Lipinski definition) is 2. The van der Waals surface area contributed by atoms with Gasteiger partial charge in [-0.15, -0.1) is 0 Å². The zero-order valence-electron chi connectivity index (χ0n) is 11.4. The third-order valence-electron chi connectivity index (χ3n) is 3.33. The number of benzene rings is 2. The molecule has 0 bridgehead atoms. The summed E-state index contributed by atoms with van der Waals surface area (Å²) in [5.74, 6) is -1.42. The molecule has 0 spiro atoms. The van der Waals surface area contributed by atoms with Crippen molar-refractivity contribution in [1.82, 2.24) is 0 Å². The molecule has 1 unspecified atom stereocenters. The van der Waals surface area contributed by atoms with E-state index in [1.54, 1.807) is 6.92 Å². The van der Waals surface area contributed by atoms with Crippen LogP contribution in [-0.4, -0.2) is 11.1 Å². The van der Waals surface area contributed by atoms with Gasteiger partial charge in [-0.1, -0.05) is 35.9 Å². The van der Waals surface area contributed by atoms with E-state index in [9.17, 15) is 9.90 Å². The number of hydrogen-bond donors (Lipinski definition) is 2. The lowest BCUT2D eigenvalue weighted by Crippen LogP contribution is -2.09. The van der Waals surface area contributed by atoms with E-state index in [1.807, 2.05) is 49.4 Å². The zero-order valence-corrected chi connectivity index (χ0v) is 12.1. The summed E-state index contributed by atoms with van der Waals surface area (Å²) < 4.78 is 0. The van der Waals surface area contributed by atoms with Gasteiger partial charge in [0.15, 0.2) is 0 Å². The van der Waals surface area contributed by atoms with Gasteiger partial charge in [0, 0.05) is 16.4 Å². The first kappa shape index (κ1) is 14.4. The van der Waals surface area contributed by atoms with Gasteiger partial charge in [0.1, 0.15) is 0 Å². The van der Waals surface area contributed by atoms with Gasteiger partial charge in [-0.05, 0) is 43.2 Å². The van der Waals surface area contributed by atoms with Crippen molar-refractivity contribution < 1.29 is 9.90 Å². The van der Waals surface area contributed by atoms with Crippen molar-refractivity contribution in [2.75, 3.05) is 5.32 Å². The maximum Gasteiger partial charge on any atom is 0.310 e. The first-order valence-corrected chi connectivity index (χ1v) is 6.72. The van der Waals surface area contributed by atoms with E-state index in [4.69, 9.17) is 11.6 Å². The molecule has 0 saturated carbocycles. The molecule has 1 atom stereocenters. The smallest absolute Gasteiger partial charge is 0.310 e. The number of carboxylic acid groups (broad SMARTS) is 1. The van der Waals surface area contributed by atoms with E-state index in [-0.39, 0.29) is 0 Å². The highest BCUT2D eigenvalue weighted by molar-refractivity contribution is 6.31. The Morgan fingerprint density at radius 1 is 1.15 bits per heavy atom. The standard InChI is InChI=1S/C16H16ClNO2/c1-10(16(19)20)12-6-3-4-8-15(12)18-14-9-5-7-13(17)11(14)2/h3-10,18H,1-2H3,(H,19,20). The summed E-state index contributed by atoms with van der Waals surface area (Å²) in [5, 5.41) is 13.1. The highest BCUT2D eigenvalue weighted by Crippen LogP contribution is 2.30. The first-order valence-electron chi connectivity index (χ1n) is 6.34. The highest BCUT2D eigenvalue weighted by atomic mass is 35.5. The topological polar surface area (TPSA) is 49.3 Å². The summed E-state index contributed by atoms with van der Waals surface area (Å²) >= 11 is 6.10. The normalized spacial score (nSPS) is 11.9. The summed E-state index contributed by atoms with van der Waals surface area (Å²) in [6.07, 6.45) is 0. The lowest BCUT2D eigenvalue weighted by Gasteiger charge is -2.16. The molecule has 0 fully saturated rings. The molecule has 0 amide bonds. The van der Waals surface area contributed by atoms with Crippen LogP contribution in [0.3, 0.4) is 0 Å². The Labute approximate surface area is 123 Å². The molecule has 3 nitrogen and oxygen atoms in total. The fraction of sp³-hybridized carbons (Fsp3) is 0.188. The van der Waals surface area contributed by atoms with Crippen LogP contribution in [0, 0.1) is 6.92 Å². The maximum absolute atomic E-state index is 11.2. The fourth-order valence-electron chi connectivity index (χ4n) is 2.01. The van der Waals surface area contributed by atoms with E-state index in [0.717, 1.165) is 22.5 Å². The van der Waals surface area contributed by atoms with E-state index in [2.05, 4.69) is 5.32 Å².